The first-order chi connectivity index (χ1) is 6.79. The predicted octanol–water partition coefficient (Wildman–Crippen LogP) is 1.85. The molecule has 0 radical (unpaired) electrons. The van der Waals surface area contributed by atoms with Gasteiger partial charge in [-0.3, -0.25) is 9.69 Å². The fourth-order valence-corrected chi connectivity index (χ4v) is 2.50. The van der Waals surface area contributed by atoms with Gasteiger partial charge in [0.05, 0.1) is 12.1 Å². The van der Waals surface area contributed by atoms with Crippen molar-refractivity contribution >= 4 is 5.78 Å². The summed E-state index contributed by atoms with van der Waals surface area (Å²) in [7, 11) is 2.01. The second-order valence-corrected chi connectivity index (χ2v) is 3.90. The number of likely N-dealkylation sites (N-methyl/N-ethyl adjacent to an activating group) is 1. The molecule has 2 nitrogen and oxygen atoms in total. The van der Waals surface area contributed by atoms with Crippen molar-refractivity contribution in [3.05, 3.63) is 47.5 Å². The fourth-order valence-electron chi connectivity index (χ4n) is 2.50. The van der Waals surface area contributed by atoms with Crippen molar-refractivity contribution in [2.24, 2.45) is 0 Å². The maximum absolute atomic E-state index is 11.7. The normalized spacial score (nSPS) is 29.4. The molecule has 2 heteroatoms. The van der Waals surface area contributed by atoms with Crippen LogP contribution in [0.15, 0.2) is 36.4 Å². The first kappa shape index (κ1) is 7.94. The lowest BCUT2D eigenvalue weighted by Crippen LogP contribution is -2.29. The molecule has 0 unspecified atom stereocenters. The van der Waals surface area contributed by atoms with Crippen molar-refractivity contribution in [2.45, 2.75) is 12.1 Å². The Balaban J connectivity index is 2.27. The van der Waals surface area contributed by atoms with Gasteiger partial charge >= 0.3 is 0 Å². The van der Waals surface area contributed by atoms with Crippen molar-refractivity contribution in [2.75, 3.05) is 7.05 Å². The van der Waals surface area contributed by atoms with E-state index >= 15 is 0 Å². The van der Waals surface area contributed by atoms with E-state index in [-0.39, 0.29) is 11.8 Å². The lowest BCUT2D eigenvalue weighted by molar-refractivity contribution is -0.120. The third kappa shape index (κ3) is 0.814. The molecule has 2 heterocycles. The zero-order valence-corrected chi connectivity index (χ0v) is 7.97. The minimum absolute atomic E-state index is 0.0406. The van der Waals surface area contributed by atoms with Crippen LogP contribution in [0.1, 0.15) is 23.2 Å². The van der Waals surface area contributed by atoms with Gasteiger partial charge in [0.1, 0.15) is 0 Å². The van der Waals surface area contributed by atoms with Crippen molar-refractivity contribution < 1.29 is 4.79 Å². The van der Waals surface area contributed by atoms with E-state index in [4.69, 9.17) is 0 Å². The Bertz CT molecular complexity index is 436. The first-order valence-corrected chi connectivity index (χ1v) is 4.82. The molecule has 0 aliphatic carbocycles. The maximum atomic E-state index is 11.7. The topological polar surface area (TPSA) is 20.3 Å². The molecule has 0 spiro atoms. The van der Waals surface area contributed by atoms with E-state index in [1.165, 1.54) is 11.1 Å². The van der Waals surface area contributed by atoms with Crippen LogP contribution in [0, 0.1) is 0 Å². The van der Waals surface area contributed by atoms with Crippen LogP contribution in [0.3, 0.4) is 0 Å². The average Bonchev–Trinajstić information content (AvgIpc) is 2.37. The van der Waals surface area contributed by atoms with Gasteiger partial charge in [0, 0.05) is 0 Å². The van der Waals surface area contributed by atoms with Crippen molar-refractivity contribution in [1.29, 1.82) is 0 Å². The third-order valence-electron chi connectivity index (χ3n) is 3.17. The van der Waals surface area contributed by atoms with Gasteiger partial charge in [-0.25, -0.2) is 0 Å². The molecule has 0 saturated carbocycles. The fraction of sp³-hybridized carbons (Fsp3) is 0.250. The predicted molar refractivity (Wildman–Crippen MR) is 53.8 cm³/mol. The summed E-state index contributed by atoms with van der Waals surface area (Å²) in [5.41, 5.74) is 2.46. The molecule has 2 aliphatic rings. The molecule has 0 fully saturated rings. The highest BCUT2D eigenvalue weighted by atomic mass is 16.1. The lowest BCUT2D eigenvalue weighted by atomic mass is 10.0. The van der Waals surface area contributed by atoms with Crippen LogP contribution in [-0.4, -0.2) is 17.7 Å². The molecule has 3 rings (SSSR count). The van der Waals surface area contributed by atoms with Crippen LogP contribution < -0.4 is 0 Å². The molecule has 0 amide bonds. The molecule has 0 aromatic heterocycles. The van der Waals surface area contributed by atoms with Crippen LogP contribution in [-0.2, 0) is 4.79 Å². The van der Waals surface area contributed by atoms with Gasteiger partial charge in [0.15, 0.2) is 5.78 Å². The second kappa shape index (κ2) is 2.55. The molecule has 2 atom stereocenters. The number of carbonyl (C=O) groups excluding carboxylic acids is 1. The summed E-state index contributed by atoms with van der Waals surface area (Å²) in [5.74, 6) is 0.203. The molecule has 2 aliphatic heterocycles. The van der Waals surface area contributed by atoms with E-state index in [1.807, 2.05) is 25.3 Å². The van der Waals surface area contributed by atoms with Gasteiger partial charge in [-0.05, 0) is 24.3 Å². The Kier molecular flexibility index (Phi) is 1.45. The van der Waals surface area contributed by atoms with Gasteiger partial charge < -0.3 is 0 Å². The summed E-state index contributed by atoms with van der Waals surface area (Å²) in [5, 5.41) is 0. The molecular weight excluding hydrogens is 174 g/mol. The van der Waals surface area contributed by atoms with Gasteiger partial charge in [0.2, 0.25) is 0 Å². The highest BCUT2D eigenvalue weighted by molar-refractivity contribution is 5.97. The van der Waals surface area contributed by atoms with Gasteiger partial charge in [-0.1, -0.05) is 30.3 Å². The van der Waals surface area contributed by atoms with Crippen LogP contribution >= 0.6 is 0 Å². The molecule has 70 valence electrons. The largest absolute Gasteiger partial charge is 0.293 e. The van der Waals surface area contributed by atoms with Crippen molar-refractivity contribution in [3.63, 3.8) is 0 Å². The van der Waals surface area contributed by atoms with Crippen LogP contribution in [0.25, 0.3) is 0 Å². The number of hydrogen-bond acceptors (Lipinski definition) is 2. The van der Waals surface area contributed by atoms with Gasteiger partial charge in [-0.2, -0.15) is 0 Å². The highest BCUT2D eigenvalue weighted by Gasteiger charge is 2.40. The zero-order valence-electron chi connectivity index (χ0n) is 7.97. The molecule has 1 aromatic carbocycles. The quantitative estimate of drug-likeness (QED) is 0.614. The van der Waals surface area contributed by atoms with Gasteiger partial charge in [-0.15, -0.1) is 0 Å². The number of hydrogen-bond donors (Lipinski definition) is 0. The molecule has 2 bridgehead atoms. The van der Waals surface area contributed by atoms with E-state index in [1.54, 1.807) is 6.08 Å². The Morgan fingerprint density at radius 3 is 2.71 bits per heavy atom. The average molecular weight is 185 g/mol. The number of benzene rings is 1. The summed E-state index contributed by atoms with van der Waals surface area (Å²) in [4.78, 5) is 13.8. The van der Waals surface area contributed by atoms with Gasteiger partial charge in [0.25, 0.3) is 0 Å². The summed E-state index contributed by atoms with van der Waals surface area (Å²) >= 11 is 0. The summed E-state index contributed by atoms with van der Waals surface area (Å²) in [6.45, 7) is 0. The molecule has 14 heavy (non-hydrogen) atoms. The van der Waals surface area contributed by atoms with E-state index in [9.17, 15) is 4.79 Å². The minimum Gasteiger partial charge on any atom is -0.293 e. The number of fused-ring (bicyclic) bond motifs is 5. The molecule has 0 N–H and O–H groups in total. The summed E-state index contributed by atoms with van der Waals surface area (Å²) in [6, 6.07) is 8.46. The smallest absolute Gasteiger partial charge is 0.177 e. The molecule has 0 saturated heterocycles. The number of carbonyl (C=O) groups is 1. The van der Waals surface area contributed by atoms with Crippen LogP contribution in [0.2, 0.25) is 0 Å². The SMILES string of the molecule is CN1[C@@H]2C(=O)C=C[C@H]1c1ccccc12. The Hall–Kier alpha value is -1.41. The third-order valence-corrected chi connectivity index (χ3v) is 3.17. The monoisotopic (exact) mass is 185 g/mol. The Labute approximate surface area is 82.8 Å². The Morgan fingerprint density at radius 2 is 1.93 bits per heavy atom. The van der Waals surface area contributed by atoms with Crippen LogP contribution in [0.4, 0.5) is 0 Å². The summed E-state index contributed by atoms with van der Waals surface area (Å²) in [6.07, 6.45) is 3.71. The van der Waals surface area contributed by atoms with E-state index in [0.29, 0.717) is 6.04 Å². The molecular formula is C12H11NO. The number of nitrogens with zero attached hydrogens (tertiary/aromatic N) is 1. The standard InChI is InChI=1S/C12H11NO/c1-13-10-6-7-11(14)12(13)9-5-3-2-4-8(9)10/h2-7,10,12H,1H3/t10-,12-/m0/s1. The van der Waals surface area contributed by atoms with E-state index < -0.39 is 0 Å². The first-order valence-electron chi connectivity index (χ1n) is 4.82. The minimum atomic E-state index is -0.0406. The Morgan fingerprint density at radius 1 is 1.21 bits per heavy atom. The maximum Gasteiger partial charge on any atom is 0.177 e. The highest BCUT2D eigenvalue weighted by Crippen LogP contribution is 2.44. The lowest BCUT2D eigenvalue weighted by Gasteiger charge is -2.25. The molecule has 1 aromatic rings. The van der Waals surface area contributed by atoms with E-state index in [0.717, 1.165) is 0 Å². The number of rotatable bonds is 0. The summed E-state index contributed by atoms with van der Waals surface area (Å²) < 4.78 is 0. The van der Waals surface area contributed by atoms with Crippen molar-refractivity contribution in [1.82, 2.24) is 4.90 Å². The van der Waals surface area contributed by atoms with Crippen molar-refractivity contribution in [3.8, 4) is 0 Å². The number of ketones is 1. The van der Waals surface area contributed by atoms with Crippen LogP contribution in [0.5, 0.6) is 0 Å². The van der Waals surface area contributed by atoms with E-state index in [2.05, 4.69) is 17.0 Å². The second-order valence-electron chi connectivity index (χ2n) is 3.90. The zero-order chi connectivity index (χ0) is 9.71.